The van der Waals surface area contributed by atoms with Crippen LogP contribution in [-0.4, -0.2) is 11.5 Å². The van der Waals surface area contributed by atoms with Crippen molar-refractivity contribution in [2.45, 2.75) is 45.2 Å². The van der Waals surface area contributed by atoms with Gasteiger partial charge in [0, 0.05) is 6.54 Å². The molecule has 0 unspecified atom stereocenters. The Labute approximate surface area is 123 Å². The van der Waals surface area contributed by atoms with Gasteiger partial charge in [-0.3, -0.25) is 0 Å². The standard InChI is InChI=1S/C15H22F3N3/c1-10-2-4-11(5-3-10)6-7-20-13-8-14(15(16,17)18)21-9-12(13)19/h8-11H,2-7,19H2,1H3,(H,20,21). The highest BCUT2D eigenvalue weighted by molar-refractivity contribution is 5.65. The molecule has 0 bridgehead atoms. The Morgan fingerprint density at radius 1 is 1.29 bits per heavy atom. The van der Waals surface area contributed by atoms with Crippen molar-refractivity contribution in [1.82, 2.24) is 4.98 Å². The third-order valence-corrected chi connectivity index (χ3v) is 4.23. The third kappa shape index (κ3) is 4.51. The van der Waals surface area contributed by atoms with Gasteiger partial charge in [0.1, 0.15) is 5.69 Å². The molecule has 21 heavy (non-hydrogen) atoms. The highest BCUT2D eigenvalue weighted by Gasteiger charge is 2.32. The van der Waals surface area contributed by atoms with Crippen LogP contribution in [0.2, 0.25) is 0 Å². The van der Waals surface area contributed by atoms with Crippen molar-refractivity contribution in [3.05, 3.63) is 18.0 Å². The van der Waals surface area contributed by atoms with E-state index in [9.17, 15) is 13.2 Å². The van der Waals surface area contributed by atoms with Crippen molar-refractivity contribution in [3.63, 3.8) is 0 Å². The Hall–Kier alpha value is -1.46. The highest BCUT2D eigenvalue weighted by Crippen LogP contribution is 2.32. The Morgan fingerprint density at radius 3 is 2.57 bits per heavy atom. The van der Waals surface area contributed by atoms with Crippen LogP contribution in [0.3, 0.4) is 0 Å². The minimum Gasteiger partial charge on any atom is -0.396 e. The Morgan fingerprint density at radius 2 is 1.95 bits per heavy atom. The van der Waals surface area contributed by atoms with Crippen LogP contribution in [0.25, 0.3) is 0 Å². The number of rotatable bonds is 4. The van der Waals surface area contributed by atoms with Gasteiger partial charge < -0.3 is 11.1 Å². The first-order valence-corrected chi connectivity index (χ1v) is 7.43. The molecular formula is C15H22F3N3. The number of nitrogens with two attached hydrogens (primary N) is 1. The second-order valence-electron chi connectivity index (χ2n) is 6.00. The number of alkyl halides is 3. The van der Waals surface area contributed by atoms with Crippen molar-refractivity contribution in [1.29, 1.82) is 0 Å². The van der Waals surface area contributed by atoms with Gasteiger partial charge in [0.25, 0.3) is 0 Å². The lowest BCUT2D eigenvalue weighted by atomic mass is 9.81. The van der Waals surface area contributed by atoms with Gasteiger partial charge in [-0.1, -0.05) is 32.6 Å². The smallest absolute Gasteiger partial charge is 0.396 e. The van der Waals surface area contributed by atoms with Crippen LogP contribution in [0, 0.1) is 11.8 Å². The highest BCUT2D eigenvalue weighted by atomic mass is 19.4. The van der Waals surface area contributed by atoms with E-state index >= 15 is 0 Å². The van der Waals surface area contributed by atoms with Crippen molar-refractivity contribution in [3.8, 4) is 0 Å². The maximum atomic E-state index is 12.6. The number of nitrogen functional groups attached to an aromatic ring is 1. The van der Waals surface area contributed by atoms with E-state index < -0.39 is 11.9 Å². The number of nitrogens with zero attached hydrogens (tertiary/aromatic N) is 1. The van der Waals surface area contributed by atoms with Crippen LogP contribution < -0.4 is 11.1 Å². The van der Waals surface area contributed by atoms with Gasteiger partial charge >= 0.3 is 6.18 Å². The van der Waals surface area contributed by atoms with Crippen molar-refractivity contribution < 1.29 is 13.2 Å². The third-order valence-electron chi connectivity index (χ3n) is 4.23. The van der Waals surface area contributed by atoms with Gasteiger partial charge in [0.05, 0.1) is 17.6 Å². The molecule has 118 valence electrons. The zero-order valence-electron chi connectivity index (χ0n) is 12.2. The molecule has 0 spiro atoms. The Kier molecular flexibility index (Phi) is 4.96. The summed E-state index contributed by atoms with van der Waals surface area (Å²) in [6, 6.07) is 0.984. The summed E-state index contributed by atoms with van der Waals surface area (Å²) in [4.78, 5) is 3.33. The largest absolute Gasteiger partial charge is 0.433 e. The second-order valence-corrected chi connectivity index (χ2v) is 6.00. The van der Waals surface area contributed by atoms with E-state index in [2.05, 4.69) is 17.2 Å². The number of nitrogens with one attached hydrogen (secondary N) is 1. The number of halogens is 3. The summed E-state index contributed by atoms with van der Waals surface area (Å²) in [5.74, 6) is 1.47. The average Bonchev–Trinajstić information content (AvgIpc) is 2.42. The molecule has 0 atom stereocenters. The summed E-state index contributed by atoms with van der Waals surface area (Å²) < 4.78 is 37.9. The maximum Gasteiger partial charge on any atom is 0.433 e. The van der Waals surface area contributed by atoms with Crippen molar-refractivity contribution in [2.24, 2.45) is 11.8 Å². The normalized spacial score (nSPS) is 23.0. The minimum absolute atomic E-state index is 0.250. The maximum absolute atomic E-state index is 12.6. The lowest BCUT2D eigenvalue weighted by molar-refractivity contribution is -0.141. The predicted molar refractivity (Wildman–Crippen MR) is 77.9 cm³/mol. The number of pyridine rings is 1. The Bertz CT molecular complexity index is 466. The predicted octanol–water partition coefficient (Wildman–Crippen LogP) is 4.31. The molecule has 3 N–H and O–H groups in total. The van der Waals surface area contributed by atoms with E-state index in [1.165, 1.54) is 25.7 Å². The molecule has 1 saturated carbocycles. The van der Waals surface area contributed by atoms with Crippen LogP contribution in [0.5, 0.6) is 0 Å². The van der Waals surface area contributed by atoms with Crippen molar-refractivity contribution >= 4 is 11.4 Å². The molecule has 1 heterocycles. The van der Waals surface area contributed by atoms with E-state index in [4.69, 9.17) is 5.73 Å². The van der Waals surface area contributed by atoms with Crippen LogP contribution in [0.4, 0.5) is 24.5 Å². The first-order chi connectivity index (χ1) is 9.86. The molecule has 1 aromatic heterocycles. The fourth-order valence-electron chi connectivity index (χ4n) is 2.80. The molecule has 2 rings (SSSR count). The molecule has 1 aromatic rings. The van der Waals surface area contributed by atoms with Crippen LogP contribution in [0.1, 0.15) is 44.7 Å². The number of hydrogen-bond donors (Lipinski definition) is 2. The van der Waals surface area contributed by atoms with Gasteiger partial charge in [-0.15, -0.1) is 0 Å². The zero-order valence-corrected chi connectivity index (χ0v) is 12.2. The molecular weight excluding hydrogens is 279 g/mol. The van der Waals surface area contributed by atoms with E-state index in [-0.39, 0.29) is 5.69 Å². The number of anilines is 2. The van der Waals surface area contributed by atoms with Gasteiger partial charge in [-0.25, -0.2) is 4.98 Å². The zero-order chi connectivity index (χ0) is 15.5. The first-order valence-electron chi connectivity index (χ1n) is 7.43. The SMILES string of the molecule is CC1CCC(CCNc2cc(C(F)(F)F)ncc2N)CC1. The van der Waals surface area contributed by atoms with Gasteiger partial charge in [0.2, 0.25) is 0 Å². The molecule has 1 aliphatic rings. The van der Waals surface area contributed by atoms with Gasteiger partial charge in [-0.05, 0) is 24.3 Å². The monoisotopic (exact) mass is 301 g/mol. The Balaban J connectivity index is 1.88. The molecule has 0 saturated heterocycles. The molecule has 1 aliphatic carbocycles. The first kappa shape index (κ1) is 15.9. The second kappa shape index (κ2) is 6.54. The number of aromatic nitrogens is 1. The summed E-state index contributed by atoms with van der Waals surface area (Å²) >= 11 is 0. The summed E-state index contributed by atoms with van der Waals surface area (Å²) in [7, 11) is 0. The molecule has 1 fully saturated rings. The molecule has 3 nitrogen and oxygen atoms in total. The minimum atomic E-state index is -4.44. The van der Waals surface area contributed by atoms with E-state index in [1.54, 1.807) is 0 Å². The summed E-state index contributed by atoms with van der Waals surface area (Å²) in [6.07, 6.45) is 2.51. The van der Waals surface area contributed by atoms with E-state index in [0.717, 1.165) is 24.6 Å². The topological polar surface area (TPSA) is 50.9 Å². The molecule has 0 amide bonds. The summed E-state index contributed by atoms with van der Waals surface area (Å²) in [5.41, 5.74) is 5.34. The lowest BCUT2D eigenvalue weighted by Gasteiger charge is -2.26. The molecule has 0 aromatic carbocycles. The fraction of sp³-hybridized carbons (Fsp3) is 0.667. The summed E-state index contributed by atoms with van der Waals surface area (Å²) in [5, 5.41) is 3.02. The van der Waals surface area contributed by atoms with E-state index in [1.807, 2.05) is 0 Å². The average molecular weight is 301 g/mol. The van der Waals surface area contributed by atoms with Crippen LogP contribution in [0.15, 0.2) is 12.3 Å². The van der Waals surface area contributed by atoms with Crippen LogP contribution in [-0.2, 0) is 6.18 Å². The fourth-order valence-corrected chi connectivity index (χ4v) is 2.80. The van der Waals surface area contributed by atoms with Gasteiger partial charge in [0.15, 0.2) is 0 Å². The van der Waals surface area contributed by atoms with Gasteiger partial charge in [-0.2, -0.15) is 13.2 Å². The molecule has 0 aliphatic heterocycles. The number of hydrogen-bond acceptors (Lipinski definition) is 3. The molecule has 0 radical (unpaired) electrons. The molecule has 6 heteroatoms. The van der Waals surface area contributed by atoms with E-state index in [0.29, 0.717) is 18.2 Å². The van der Waals surface area contributed by atoms with Crippen LogP contribution >= 0.6 is 0 Å². The van der Waals surface area contributed by atoms with Crippen molar-refractivity contribution in [2.75, 3.05) is 17.6 Å². The summed E-state index contributed by atoms with van der Waals surface area (Å²) in [6.45, 7) is 2.91. The lowest BCUT2D eigenvalue weighted by Crippen LogP contribution is -2.16. The quantitative estimate of drug-likeness (QED) is 0.871.